The van der Waals surface area contributed by atoms with Gasteiger partial charge in [0.2, 0.25) is 11.8 Å². The van der Waals surface area contributed by atoms with Crippen molar-refractivity contribution in [3.05, 3.63) is 0 Å². The van der Waals surface area contributed by atoms with Crippen molar-refractivity contribution in [3.63, 3.8) is 0 Å². The Kier molecular flexibility index (Phi) is 5.63. The number of nitrogens with zero attached hydrogens (tertiary/aromatic N) is 2. The number of carbonyl (C=O) groups excluding carboxylic acids is 2. The normalized spacial score (nSPS) is 22.0. The number of hydrogen-bond acceptors (Lipinski definition) is 4. The van der Waals surface area contributed by atoms with E-state index in [0.717, 1.165) is 0 Å². The fourth-order valence-corrected chi connectivity index (χ4v) is 2.76. The molecule has 0 aromatic carbocycles. The van der Waals surface area contributed by atoms with Crippen molar-refractivity contribution in [2.24, 2.45) is 0 Å². The third-order valence-electron chi connectivity index (χ3n) is 3.97. The van der Waals surface area contributed by atoms with Gasteiger partial charge in [-0.15, -0.1) is 0 Å². The largest absolute Gasteiger partial charge is 0.405 e. The number of alkyl halides is 3. The number of piperazine rings is 1. The number of halogens is 3. The lowest BCUT2D eigenvalue weighted by Gasteiger charge is -2.36. The molecule has 9 heteroatoms. The van der Waals surface area contributed by atoms with E-state index >= 15 is 0 Å². The molecule has 2 saturated heterocycles. The lowest BCUT2D eigenvalue weighted by atomic mass is 10.2. The maximum Gasteiger partial charge on any atom is 0.405 e. The zero-order chi connectivity index (χ0) is 16.2. The molecule has 0 aromatic heterocycles. The van der Waals surface area contributed by atoms with E-state index in [9.17, 15) is 22.8 Å². The Morgan fingerprint density at radius 2 is 1.95 bits per heavy atom. The number of likely N-dealkylation sites (tertiary alicyclic amines) is 1. The summed E-state index contributed by atoms with van der Waals surface area (Å²) in [5.41, 5.74) is 0. The van der Waals surface area contributed by atoms with Gasteiger partial charge in [0, 0.05) is 45.7 Å². The number of carbonyl (C=O) groups is 2. The van der Waals surface area contributed by atoms with Crippen LogP contribution in [0.1, 0.15) is 12.8 Å². The van der Waals surface area contributed by atoms with Gasteiger partial charge in [0.25, 0.3) is 0 Å². The van der Waals surface area contributed by atoms with Crippen molar-refractivity contribution < 1.29 is 22.8 Å². The molecule has 1 unspecified atom stereocenters. The molecule has 0 saturated carbocycles. The van der Waals surface area contributed by atoms with Gasteiger partial charge in [0.1, 0.15) is 6.04 Å². The van der Waals surface area contributed by atoms with E-state index in [2.05, 4.69) is 10.6 Å². The van der Waals surface area contributed by atoms with E-state index in [4.69, 9.17) is 0 Å². The van der Waals surface area contributed by atoms with Crippen molar-refractivity contribution in [2.45, 2.75) is 25.1 Å². The summed E-state index contributed by atoms with van der Waals surface area (Å²) in [6.07, 6.45) is -3.30. The third kappa shape index (κ3) is 4.57. The summed E-state index contributed by atoms with van der Waals surface area (Å²) < 4.78 is 39.4. The molecule has 0 aliphatic carbocycles. The molecule has 0 aromatic rings. The second-order valence-corrected chi connectivity index (χ2v) is 5.57. The quantitative estimate of drug-likeness (QED) is 0.720. The predicted octanol–water partition coefficient (Wildman–Crippen LogP) is -0.439. The van der Waals surface area contributed by atoms with Crippen molar-refractivity contribution in [2.75, 3.05) is 45.8 Å². The summed E-state index contributed by atoms with van der Waals surface area (Å²) in [5, 5.41) is 5.32. The van der Waals surface area contributed by atoms with Crippen molar-refractivity contribution in [1.82, 2.24) is 20.4 Å². The van der Waals surface area contributed by atoms with E-state index in [0.29, 0.717) is 45.6 Å². The molecule has 1 atom stereocenters. The van der Waals surface area contributed by atoms with Gasteiger partial charge in [-0.05, 0) is 6.42 Å². The van der Waals surface area contributed by atoms with Crippen molar-refractivity contribution >= 4 is 11.8 Å². The summed E-state index contributed by atoms with van der Waals surface area (Å²) in [6, 6.07) is -1.69. The van der Waals surface area contributed by atoms with Crippen LogP contribution < -0.4 is 10.6 Å². The Hall–Kier alpha value is -1.35. The molecule has 2 rings (SSSR count). The zero-order valence-electron chi connectivity index (χ0n) is 12.3. The SMILES string of the molecule is O=C(CN1CCCC1=O)NCC(N1CCNCC1)C(F)(F)F. The van der Waals surface area contributed by atoms with Crippen LogP contribution in [0.2, 0.25) is 0 Å². The minimum absolute atomic E-state index is 0.121. The predicted molar refractivity (Wildman–Crippen MR) is 73.1 cm³/mol. The number of rotatable bonds is 5. The van der Waals surface area contributed by atoms with Gasteiger partial charge < -0.3 is 15.5 Å². The van der Waals surface area contributed by atoms with Gasteiger partial charge >= 0.3 is 6.18 Å². The van der Waals surface area contributed by atoms with Crippen LogP contribution in [-0.4, -0.2) is 79.6 Å². The standard InChI is InChI=1S/C13H21F3N4O2/c14-13(15,16)10(19-6-3-17-4-7-19)8-18-11(21)9-20-5-1-2-12(20)22/h10,17H,1-9H2,(H,18,21). The molecule has 2 heterocycles. The topological polar surface area (TPSA) is 64.7 Å². The monoisotopic (exact) mass is 322 g/mol. The Bertz CT molecular complexity index is 411. The molecular formula is C13H21F3N4O2. The minimum Gasteiger partial charge on any atom is -0.353 e. The Morgan fingerprint density at radius 1 is 1.27 bits per heavy atom. The van der Waals surface area contributed by atoms with Crippen LogP contribution in [0.25, 0.3) is 0 Å². The van der Waals surface area contributed by atoms with Crippen LogP contribution in [-0.2, 0) is 9.59 Å². The highest BCUT2D eigenvalue weighted by atomic mass is 19.4. The second-order valence-electron chi connectivity index (χ2n) is 5.57. The molecule has 126 valence electrons. The smallest absolute Gasteiger partial charge is 0.353 e. The molecule has 0 bridgehead atoms. The average molecular weight is 322 g/mol. The molecular weight excluding hydrogens is 301 g/mol. The fraction of sp³-hybridized carbons (Fsp3) is 0.846. The first-order valence-corrected chi connectivity index (χ1v) is 7.44. The molecule has 6 nitrogen and oxygen atoms in total. The van der Waals surface area contributed by atoms with E-state index < -0.39 is 24.7 Å². The maximum atomic E-state index is 13.1. The molecule has 2 aliphatic rings. The molecule has 0 radical (unpaired) electrons. The Morgan fingerprint density at radius 3 is 2.50 bits per heavy atom. The van der Waals surface area contributed by atoms with Crippen LogP contribution in [0, 0.1) is 0 Å². The van der Waals surface area contributed by atoms with Gasteiger partial charge in [0.15, 0.2) is 0 Å². The second kappa shape index (κ2) is 7.28. The molecule has 2 fully saturated rings. The summed E-state index contributed by atoms with van der Waals surface area (Å²) in [7, 11) is 0. The zero-order valence-corrected chi connectivity index (χ0v) is 12.3. The first-order chi connectivity index (χ1) is 10.4. The van der Waals surface area contributed by atoms with Crippen molar-refractivity contribution in [3.8, 4) is 0 Å². The minimum atomic E-state index is -4.39. The maximum absolute atomic E-state index is 13.1. The van der Waals surface area contributed by atoms with Crippen LogP contribution in [0.4, 0.5) is 13.2 Å². The van der Waals surface area contributed by atoms with Crippen LogP contribution in [0.15, 0.2) is 0 Å². The number of amides is 2. The first-order valence-electron chi connectivity index (χ1n) is 7.44. The summed E-state index contributed by atoms with van der Waals surface area (Å²) in [4.78, 5) is 25.9. The number of hydrogen-bond donors (Lipinski definition) is 2. The molecule has 2 amide bonds. The molecule has 22 heavy (non-hydrogen) atoms. The molecule has 2 N–H and O–H groups in total. The van der Waals surface area contributed by atoms with Gasteiger partial charge in [-0.25, -0.2) is 0 Å². The fourth-order valence-electron chi connectivity index (χ4n) is 2.76. The van der Waals surface area contributed by atoms with Gasteiger partial charge in [-0.3, -0.25) is 14.5 Å². The first kappa shape index (κ1) is 17.0. The Labute approximate surface area is 127 Å². The highest BCUT2D eigenvalue weighted by Gasteiger charge is 2.43. The van der Waals surface area contributed by atoms with Gasteiger partial charge in [-0.2, -0.15) is 13.2 Å². The summed E-state index contributed by atoms with van der Waals surface area (Å²) >= 11 is 0. The van der Waals surface area contributed by atoms with E-state index in [1.165, 1.54) is 9.80 Å². The molecule has 0 spiro atoms. The molecule has 2 aliphatic heterocycles. The lowest BCUT2D eigenvalue weighted by Crippen LogP contribution is -2.58. The van der Waals surface area contributed by atoms with Gasteiger partial charge in [0.05, 0.1) is 6.54 Å². The average Bonchev–Trinajstić information content (AvgIpc) is 2.84. The van der Waals surface area contributed by atoms with Crippen LogP contribution in [0.5, 0.6) is 0 Å². The van der Waals surface area contributed by atoms with E-state index in [1.54, 1.807) is 0 Å². The van der Waals surface area contributed by atoms with Gasteiger partial charge in [-0.1, -0.05) is 0 Å². The van der Waals surface area contributed by atoms with E-state index in [-0.39, 0.29) is 12.5 Å². The lowest BCUT2D eigenvalue weighted by molar-refractivity contribution is -0.184. The Balaban J connectivity index is 1.84. The highest BCUT2D eigenvalue weighted by Crippen LogP contribution is 2.24. The van der Waals surface area contributed by atoms with Crippen molar-refractivity contribution in [1.29, 1.82) is 0 Å². The van der Waals surface area contributed by atoms with Crippen LogP contribution >= 0.6 is 0 Å². The van der Waals surface area contributed by atoms with Crippen LogP contribution in [0.3, 0.4) is 0 Å². The third-order valence-corrected chi connectivity index (χ3v) is 3.97. The number of nitrogens with one attached hydrogen (secondary N) is 2. The van der Waals surface area contributed by atoms with E-state index in [1.807, 2.05) is 0 Å². The highest BCUT2D eigenvalue weighted by molar-refractivity contribution is 5.85. The summed E-state index contributed by atoms with van der Waals surface area (Å²) in [5.74, 6) is -0.663. The summed E-state index contributed by atoms with van der Waals surface area (Å²) in [6.45, 7) is 1.45.